The Balaban J connectivity index is 2.24. The number of aryl methyl sites for hydroxylation is 1. The molecule has 0 aliphatic rings. The fraction of sp³-hybridized carbons (Fsp3) is 0.0667. The third-order valence-electron chi connectivity index (χ3n) is 2.98. The fourth-order valence-corrected chi connectivity index (χ4v) is 2.00. The molecule has 2 aromatic carbocycles. The number of fused-ring (bicyclic) bond motifs is 1. The highest BCUT2D eigenvalue weighted by Gasteiger charge is 2.12. The summed E-state index contributed by atoms with van der Waals surface area (Å²) in [6, 6.07) is 13.5. The van der Waals surface area contributed by atoms with Gasteiger partial charge in [-0.1, -0.05) is 41.1 Å². The van der Waals surface area contributed by atoms with E-state index in [2.05, 4.69) is 5.16 Å². The van der Waals surface area contributed by atoms with Gasteiger partial charge in [-0.2, -0.15) is 0 Å². The highest BCUT2D eigenvalue weighted by atomic mass is 16.5. The zero-order valence-electron chi connectivity index (χ0n) is 9.88. The third-order valence-corrected chi connectivity index (χ3v) is 2.98. The average Bonchev–Trinajstić information content (AvgIpc) is 2.83. The quantitative estimate of drug-likeness (QED) is 0.639. The molecule has 0 spiro atoms. The molecular weight excluding hydrogens is 226 g/mol. The van der Waals surface area contributed by atoms with Crippen LogP contribution in [0.1, 0.15) is 15.9 Å². The molecule has 88 valence electrons. The second-order valence-corrected chi connectivity index (χ2v) is 4.24. The van der Waals surface area contributed by atoms with Crippen LogP contribution in [0.15, 0.2) is 47.0 Å². The first kappa shape index (κ1) is 10.7. The largest absolute Gasteiger partial charge is 0.355 e. The number of aromatic nitrogens is 1. The molecule has 3 aromatic rings. The predicted molar refractivity (Wildman–Crippen MR) is 69.6 cm³/mol. The first-order valence-electron chi connectivity index (χ1n) is 5.70. The Morgan fingerprint density at radius 1 is 1.11 bits per heavy atom. The van der Waals surface area contributed by atoms with Gasteiger partial charge in [0.05, 0.1) is 10.9 Å². The number of rotatable bonds is 2. The van der Waals surface area contributed by atoms with Crippen molar-refractivity contribution in [3.8, 4) is 11.3 Å². The number of carbonyl (C=O) groups is 1. The van der Waals surface area contributed by atoms with Gasteiger partial charge in [0.1, 0.15) is 5.69 Å². The number of aldehydes is 1. The van der Waals surface area contributed by atoms with Crippen LogP contribution in [0.4, 0.5) is 0 Å². The number of hydrogen-bond donors (Lipinski definition) is 0. The van der Waals surface area contributed by atoms with Crippen LogP contribution < -0.4 is 0 Å². The zero-order chi connectivity index (χ0) is 12.5. The van der Waals surface area contributed by atoms with Crippen LogP contribution in [-0.4, -0.2) is 11.4 Å². The average molecular weight is 237 g/mol. The van der Waals surface area contributed by atoms with E-state index >= 15 is 0 Å². The van der Waals surface area contributed by atoms with Crippen LogP contribution in [-0.2, 0) is 0 Å². The Morgan fingerprint density at radius 2 is 1.89 bits per heavy atom. The van der Waals surface area contributed by atoms with E-state index in [0.717, 1.165) is 22.9 Å². The van der Waals surface area contributed by atoms with Crippen LogP contribution in [0.5, 0.6) is 0 Å². The minimum atomic E-state index is 0.526. The van der Waals surface area contributed by atoms with Crippen LogP contribution in [0.25, 0.3) is 22.2 Å². The van der Waals surface area contributed by atoms with E-state index in [4.69, 9.17) is 4.52 Å². The first-order chi connectivity index (χ1) is 8.79. The lowest BCUT2D eigenvalue weighted by Crippen LogP contribution is -1.81. The number of carbonyl (C=O) groups excluding carboxylic acids is 1. The predicted octanol–water partition coefficient (Wildman–Crippen LogP) is 3.62. The van der Waals surface area contributed by atoms with Gasteiger partial charge in [-0.15, -0.1) is 0 Å². The molecule has 1 heterocycles. The summed E-state index contributed by atoms with van der Waals surface area (Å²) in [6.45, 7) is 2.04. The van der Waals surface area contributed by atoms with Gasteiger partial charge in [-0.25, -0.2) is 0 Å². The van der Waals surface area contributed by atoms with Crippen LogP contribution >= 0.6 is 0 Å². The second-order valence-electron chi connectivity index (χ2n) is 4.24. The van der Waals surface area contributed by atoms with Gasteiger partial charge in [0.25, 0.3) is 0 Å². The van der Waals surface area contributed by atoms with E-state index in [1.807, 2.05) is 43.3 Å². The van der Waals surface area contributed by atoms with E-state index < -0.39 is 0 Å². The van der Waals surface area contributed by atoms with E-state index in [-0.39, 0.29) is 0 Å². The lowest BCUT2D eigenvalue weighted by atomic mass is 10.0. The van der Waals surface area contributed by atoms with Crippen LogP contribution in [0.2, 0.25) is 0 Å². The van der Waals surface area contributed by atoms with Gasteiger partial charge < -0.3 is 4.52 Å². The Labute approximate surface area is 104 Å². The summed E-state index contributed by atoms with van der Waals surface area (Å²) in [7, 11) is 0. The molecule has 0 fully saturated rings. The van der Waals surface area contributed by atoms with Crippen molar-refractivity contribution in [1.82, 2.24) is 5.16 Å². The lowest BCUT2D eigenvalue weighted by Gasteiger charge is -1.97. The number of hydrogen-bond acceptors (Lipinski definition) is 3. The molecule has 0 saturated carbocycles. The number of para-hydroxylation sites is 1. The van der Waals surface area contributed by atoms with E-state index in [1.165, 1.54) is 5.56 Å². The molecule has 0 bridgehead atoms. The summed E-state index contributed by atoms with van der Waals surface area (Å²) in [5.41, 5.74) is 4.03. The molecule has 3 heteroatoms. The smallest absolute Gasteiger partial charge is 0.177 e. The molecule has 0 atom stereocenters. The van der Waals surface area contributed by atoms with Crippen molar-refractivity contribution >= 4 is 17.3 Å². The van der Waals surface area contributed by atoms with Gasteiger partial charge in [-0.3, -0.25) is 4.79 Å². The van der Waals surface area contributed by atoms with Gasteiger partial charge in [0, 0.05) is 5.56 Å². The summed E-state index contributed by atoms with van der Waals surface area (Å²) < 4.78 is 5.27. The van der Waals surface area contributed by atoms with Crippen LogP contribution in [0, 0.1) is 6.92 Å². The third kappa shape index (κ3) is 1.61. The van der Waals surface area contributed by atoms with E-state index in [9.17, 15) is 4.79 Å². The maximum absolute atomic E-state index is 10.9. The van der Waals surface area contributed by atoms with Crippen molar-refractivity contribution < 1.29 is 9.32 Å². The van der Waals surface area contributed by atoms with Crippen molar-refractivity contribution in [2.75, 3.05) is 0 Å². The topological polar surface area (TPSA) is 43.1 Å². The van der Waals surface area contributed by atoms with Gasteiger partial charge >= 0.3 is 0 Å². The molecule has 0 unspecified atom stereocenters. The van der Waals surface area contributed by atoms with Gasteiger partial charge in [0.2, 0.25) is 0 Å². The highest BCUT2D eigenvalue weighted by molar-refractivity contribution is 6.00. The Morgan fingerprint density at radius 3 is 2.61 bits per heavy atom. The van der Waals surface area contributed by atoms with Crippen molar-refractivity contribution in [3.63, 3.8) is 0 Å². The summed E-state index contributed by atoms with van der Waals surface area (Å²) in [4.78, 5) is 10.9. The Kier molecular flexibility index (Phi) is 2.45. The maximum Gasteiger partial charge on any atom is 0.177 e. The van der Waals surface area contributed by atoms with Crippen molar-refractivity contribution in [1.29, 1.82) is 0 Å². The summed E-state index contributed by atoms with van der Waals surface area (Å²) in [5, 5.41) is 4.93. The standard InChI is InChI=1S/C15H11NO2/c1-10-5-7-11(8-6-10)14-13-4-2-3-12(9-17)15(13)18-16-14/h2-9H,1H3. The molecule has 3 rings (SSSR count). The van der Waals surface area contributed by atoms with Crippen molar-refractivity contribution in [2.45, 2.75) is 6.92 Å². The SMILES string of the molecule is Cc1ccc(-c2noc3c(C=O)cccc23)cc1. The van der Waals surface area contributed by atoms with E-state index in [0.29, 0.717) is 11.1 Å². The van der Waals surface area contributed by atoms with E-state index in [1.54, 1.807) is 6.07 Å². The van der Waals surface area contributed by atoms with Gasteiger partial charge in [-0.05, 0) is 19.1 Å². The van der Waals surface area contributed by atoms with Crippen LogP contribution in [0.3, 0.4) is 0 Å². The molecule has 18 heavy (non-hydrogen) atoms. The number of nitrogens with zero attached hydrogens (tertiary/aromatic N) is 1. The first-order valence-corrected chi connectivity index (χ1v) is 5.70. The lowest BCUT2D eigenvalue weighted by molar-refractivity contribution is 0.112. The molecule has 0 radical (unpaired) electrons. The minimum absolute atomic E-state index is 0.526. The highest BCUT2D eigenvalue weighted by Crippen LogP contribution is 2.29. The van der Waals surface area contributed by atoms with Crippen molar-refractivity contribution in [2.24, 2.45) is 0 Å². The van der Waals surface area contributed by atoms with Gasteiger partial charge in [0.15, 0.2) is 11.9 Å². The molecule has 0 aliphatic carbocycles. The molecule has 0 saturated heterocycles. The normalized spacial score (nSPS) is 10.7. The summed E-state index contributed by atoms with van der Waals surface area (Å²) >= 11 is 0. The number of benzene rings is 2. The summed E-state index contributed by atoms with van der Waals surface area (Å²) in [6.07, 6.45) is 0.784. The molecule has 0 amide bonds. The monoisotopic (exact) mass is 237 g/mol. The molecular formula is C15H11NO2. The Bertz CT molecular complexity index is 711. The molecule has 0 N–H and O–H groups in total. The zero-order valence-corrected chi connectivity index (χ0v) is 9.88. The molecule has 0 aliphatic heterocycles. The molecule has 1 aromatic heterocycles. The second kappa shape index (κ2) is 4.11. The minimum Gasteiger partial charge on any atom is -0.355 e. The molecule has 3 nitrogen and oxygen atoms in total. The van der Waals surface area contributed by atoms with Crippen molar-refractivity contribution in [3.05, 3.63) is 53.6 Å². The Hall–Kier alpha value is -2.42. The maximum atomic E-state index is 10.9. The fourth-order valence-electron chi connectivity index (χ4n) is 2.00. The summed E-state index contributed by atoms with van der Waals surface area (Å²) in [5.74, 6) is 0.